The molecule has 2 saturated carbocycles. The zero-order chi connectivity index (χ0) is 18.9. The van der Waals surface area contributed by atoms with Gasteiger partial charge in [0.05, 0.1) is 24.4 Å². The Morgan fingerprint density at radius 3 is 2.54 bits per heavy atom. The van der Waals surface area contributed by atoms with Gasteiger partial charge in [-0.3, -0.25) is 4.57 Å². The fourth-order valence-electron chi connectivity index (χ4n) is 5.12. The molecule has 0 bridgehead atoms. The summed E-state index contributed by atoms with van der Waals surface area (Å²) in [5, 5.41) is 13.4. The van der Waals surface area contributed by atoms with Crippen LogP contribution in [0.15, 0.2) is 18.2 Å². The molecule has 5 rings (SSSR count). The van der Waals surface area contributed by atoms with Crippen molar-refractivity contribution in [3.05, 3.63) is 40.4 Å². The normalized spacial score (nSPS) is 25.8. The van der Waals surface area contributed by atoms with Gasteiger partial charge in [0.25, 0.3) is 0 Å². The van der Waals surface area contributed by atoms with Crippen molar-refractivity contribution in [2.45, 2.75) is 89.0 Å². The summed E-state index contributed by atoms with van der Waals surface area (Å²) in [6, 6.07) is 6.13. The van der Waals surface area contributed by atoms with Crippen LogP contribution < -0.4 is 5.32 Å². The Hall–Kier alpha value is -1.43. The van der Waals surface area contributed by atoms with Gasteiger partial charge < -0.3 is 10.1 Å². The highest BCUT2D eigenvalue weighted by molar-refractivity contribution is 6.30. The van der Waals surface area contributed by atoms with Crippen molar-refractivity contribution in [3.8, 4) is 5.69 Å². The molecule has 0 amide bonds. The summed E-state index contributed by atoms with van der Waals surface area (Å²) in [6.07, 6.45) is 12.0. The average Bonchev–Trinajstić information content (AvgIpc) is 3.05. The molecule has 1 N–H and O–H groups in total. The van der Waals surface area contributed by atoms with Gasteiger partial charge in [0.15, 0.2) is 5.82 Å². The first kappa shape index (κ1) is 18.6. The third-order valence-electron chi connectivity index (χ3n) is 6.61. The van der Waals surface area contributed by atoms with Crippen LogP contribution in [0.25, 0.3) is 5.69 Å². The van der Waals surface area contributed by atoms with Gasteiger partial charge in [-0.05, 0) is 62.3 Å². The van der Waals surface area contributed by atoms with E-state index < -0.39 is 0 Å². The van der Waals surface area contributed by atoms with Crippen molar-refractivity contribution in [1.82, 2.24) is 20.1 Å². The molecule has 5 nitrogen and oxygen atoms in total. The lowest BCUT2D eigenvalue weighted by Gasteiger charge is -2.32. The van der Waals surface area contributed by atoms with Crippen molar-refractivity contribution in [2.75, 3.05) is 0 Å². The van der Waals surface area contributed by atoms with Gasteiger partial charge in [-0.15, -0.1) is 10.2 Å². The molecule has 6 heteroatoms. The molecule has 150 valence electrons. The number of fused-ring (bicyclic) bond motifs is 3. The quantitative estimate of drug-likeness (QED) is 0.796. The maximum absolute atomic E-state index is 6.43. The van der Waals surface area contributed by atoms with E-state index in [1.807, 2.05) is 6.07 Å². The standard InChI is InChI=1S/C22H29ClN4O/c23-17-8-11-20-16(12-17)13-24-14-21-25-26-22(27(20)21)15-6-9-19(10-7-15)28-18-4-2-1-3-5-18/h8,11-12,15,18-19,24H,1-7,9-10,13-14H2/t15-,19+. The highest BCUT2D eigenvalue weighted by Crippen LogP contribution is 2.37. The molecule has 0 unspecified atom stereocenters. The summed E-state index contributed by atoms with van der Waals surface area (Å²) < 4.78 is 8.71. The van der Waals surface area contributed by atoms with E-state index in [0.717, 1.165) is 55.4 Å². The molecule has 0 saturated heterocycles. The highest BCUT2D eigenvalue weighted by atomic mass is 35.5. The van der Waals surface area contributed by atoms with Gasteiger partial charge in [-0.25, -0.2) is 0 Å². The molecular weight excluding hydrogens is 372 g/mol. The first-order valence-electron chi connectivity index (χ1n) is 10.9. The zero-order valence-electron chi connectivity index (χ0n) is 16.4. The average molecular weight is 401 g/mol. The Balaban J connectivity index is 1.32. The fraction of sp³-hybridized carbons (Fsp3) is 0.636. The lowest BCUT2D eigenvalue weighted by molar-refractivity contribution is -0.0474. The topological polar surface area (TPSA) is 52.0 Å². The predicted octanol–water partition coefficient (Wildman–Crippen LogP) is 4.90. The SMILES string of the molecule is Clc1ccc2c(c1)CNCc1nnc([C@H]3CC[C@@H](OC4CCCCC4)CC3)n1-2. The number of halogens is 1. The zero-order valence-corrected chi connectivity index (χ0v) is 17.1. The van der Waals surface area contributed by atoms with Gasteiger partial charge >= 0.3 is 0 Å². The largest absolute Gasteiger partial charge is 0.375 e. The molecule has 1 aromatic heterocycles. The van der Waals surface area contributed by atoms with Crippen molar-refractivity contribution >= 4 is 11.6 Å². The third kappa shape index (κ3) is 3.72. The van der Waals surface area contributed by atoms with Crippen molar-refractivity contribution in [2.24, 2.45) is 0 Å². The predicted molar refractivity (Wildman–Crippen MR) is 110 cm³/mol. The molecule has 1 aliphatic heterocycles. The maximum atomic E-state index is 6.43. The second-order valence-electron chi connectivity index (χ2n) is 8.56. The van der Waals surface area contributed by atoms with Gasteiger partial charge in [0, 0.05) is 17.5 Å². The van der Waals surface area contributed by atoms with Crippen molar-refractivity contribution in [1.29, 1.82) is 0 Å². The van der Waals surface area contributed by atoms with E-state index in [4.69, 9.17) is 16.3 Å². The molecule has 2 fully saturated rings. The minimum atomic E-state index is 0.429. The minimum Gasteiger partial charge on any atom is -0.375 e. The summed E-state index contributed by atoms with van der Waals surface area (Å²) in [7, 11) is 0. The number of ether oxygens (including phenoxy) is 1. The lowest BCUT2D eigenvalue weighted by atomic mass is 9.86. The van der Waals surface area contributed by atoms with Gasteiger partial charge in [-0.2, -0.15) is 0 Å². The van der Waals surface area contributed by atoms with E-state index in [1.165, 1.54) is 43.4 Å². The van der Waals surface area contributed by atoms with Crippen LogP contribution in [-0.4, -0.2) is 27.0 Å². The van der Waals surface area contributed by atoms with Gasteiger partial charge in [0.2, 0.25) is 0 Å². The Kier molecular flexibility index (Phi) is 5.40. The molecule has 2 aromatic rings. The fourth-order valence-corrected chi connectivity index (χ4v) is 5.32. The molecule has 28 heavy (non-hydrogen) atoms. The highest BCUT2D eigenvalue weighted by Gasteiger charge is 2.30. The van der Waals surface area contributed by atoms with E-state index in [1.54, 1.807) is 0 Å². The van der Waals surface area contributed by atoms with E-state index >= 15 is 0 Å². The van der Waals surface area contributed by atoms with Crippen LogP contribution in [0.5, 0.6) is 0 Å². The molecule has 2 aliphatic carbocycles. The summed E-state index contributed by atoms with van der Waals surface area (Å²) >= 11 is 6.23. The molecule has 1 aromatic carbocycles. The second kappa shape index (κ2) is 8.13. The Morgan fingerprint density at radius 2 is 1.71 bits per heavy atom. The smallest absolute Gasteiger partial charge is 0.151 e. The first-order valence-corrected chi connectivity index (χ1v) is 11.2. The van der Waals surface area contributed by atoms with Crippen LogP contribution in [0.4, 0.5) is 0 Å². The number of rotatable bonds is 3. The third-order valence-corrected chi connectivity index (χ3v) is 6.85. The molecule has 2 heterocycles. The van der Waals surface area contributed by atoms with E-state index in [2.05, 4.69) is 32.2 Å². The maximum Gasteiger partial charge on any atom is 0.151 e. The van der Waals surface area contributed by atoms with Crippen LogP contribution >= 0.6 is 11.6 Å². The van der Waals surface area contributed by atoms with Crippen LogP contribution in [0.1, 0.15) is 80.9 Å². The number of hydrogen-bond acceptors (Lipinski definition) is 4. The summed E-state index contributed by atoms with van der Waals surface area (Å²) in [5.74, 6) is 2.56. The molecule has 0 atom stereocenters. The molecule has 3 aliphatic rings. The van der Waals surface area contributed by atoms with E-state index in [9.17, 15) is 0 Å². The number of aromatic nitrogens is 3. The number of hydrogen-bond donors (Lipinski definition) is 1. The minimum absolute atomic E-state index is 0.429. The van der Waals surface area contributed by atoms with Crippen molar-refractivity contribution < 1.29 is 4.74 Å². The molecule has 0 radical (unpaired) electrons. The Bertz CT molecular complexity index is 822. The monoisotopic (exact) mass is 400 g/mol. The van der Waals surface area contributed by atoms with Crippen LogP contribution in [0.3, 0.4) is 0 Å². The van der Waals surface area contributed by atoms with Crippen LogP contribution in [0, 0.1) is 0 Å². The van der Waals surface area contributed by atoms with Crippen LogP contribution in [0.2, 0.25) is 5.02 Å². The summed E-state index contributed by atoms with van der Waals surface area (Å²) in [4.78, 5) is 0. The summed E-state index contributed by atoms with van der Waals surface area (Å²) in [6.45, 7) is 1.54. The number of benzene rings is 1. The van der Waals surface area contributed by atoms with Crippen LogP contribution in [-0.2, 0) is 17.8 Å². The lowest BCUT2D eigenvalue weighted by Crippen LogP contribution is -2.28. The molecule has 0 spiro atoms. The van der Waals surface area contributed by atoms with Crippen molar-refractivity contribution in [3.63, 3.8) is 0 Å². The second-order valence-corrected chi connectivity index (χ2v) is 8.99. The van der Waals surface area contributed by atoms with Gasteiger partial charge in [-0.1, -0.05) is 30.9 Å². The first-order chi connectivity index (χ1) is 13.8. The number of nitrogens with one attached hydrogen (secondary N) is 1. The van der Waals surface area contributed by atoms with Gasteiger partial charge in [0.1, 0.15) is 5.82 Å². The number of nitrogens with zero attached hydrogens (tertiary/aromatic N) is 3. The molecular formula is C22H29ClN4O. The Morgan fingerprint density at radius 1 is 0.929 bits per heavy atom. The Labute approximate surface area is 171 Å². The summed E-state index contributed by atoms with van der Waals surface area (Å²) in [5.41, 5.74) is 2.38. The van der Waals surface area contributed by atoms with E-state index in [-0.39, 0.29) is 0 Å². The van der Waals surface area contributed by atoms with E-state index in [0.29, 0.717) is 18.1 Å².